The molecule has 0 amide bonds. The Morgan fingerprint density at radius 3 is 1.33 bits per heavy atom. The summed E-state index contributed by atoms with van der Waals surface area (Å²) in [5.41, 5.74) is 0. The summed E-state index contributed by atoms with van der Waals surface area (Å²) in [5, 5.41) is 3.83. The van der Waals surface area contributed by atoms with Crippen LogP contribution in [0.25, 0.3) is 9.75 Å². The molecule has 0 saturated carbocycles. The molecule has 2 rings (SSSR count). The van der Waals surface area contributed by atoms with Crippen LogP contribution in [-0.2, 0) is 0 Å². The fraction of sp³-hybridized carbons (Fsp3) is 0.333. The summed E-state index contributed by atoms with van der Waals surface area (Å²) >= 11 is 3.11. The van der Waals surface area contributed by atoms with E-state index >= 15 is 0 Å². The van der Waals surface area contributed by atoms with Crippen LogP contribution in [0.5, 0.6) is 23.0 Å². The Bertz CT molecular complexity index is 482. The number of hydrogen-bond donors (Lipinski definition) is 0. The monoisotopic (exact) mass is 286 g/mol. The van der Waals surface area contributed by atoms with Crippen molar-refractivity contribution in [1.29, 1.82) is 0 Å². The predicted molar refractivity (Wildman–Crippen MR) is 73.8 cm³/mol. The Kier molecular flexibility index (Phi) is 3.98. The second kappa shape index (κ2) is 5.49. The zero-order chi connectivity index (χ0) is 13.1. The number of methoxy groups -OCH3 is 4. The molecular weight excluding hydrogens is 272 g/mol. The number of thiophene rings is 2. The lowest BCUT2D eigenvalue weighted by Crippen LogP contribution is -1.89. The third-order valence-corrected chi connectivity index (χ3v) is 4.53. The van der Waals surface area contributed by atoms with Gasteiger partial charge in [0.15, 0.2) is 23.0 Å². The van der Waals surface area contributed by atoms with Crippen molar-refractivity contribution in [3.05, 3.63) is 10.8 Å². The lowest BCUT2D eigenvalue weighted by molar-refractivity contribution is 0.355. The van der Waals surface area contributed by atoms with Crippen LogP contribution in [0.3, 0.4) is 0 Å². The number of ether oxygens (including phenoxy) is 4. The van der Waals surface area contributed by atoms with Crippen molar-refractivity contribution in [2.24, 2.45) is 0 Å². The van der Waals surface area contributed by atoms with Gasteiger partial charge in [-0.05, 0) is 0 Å². The molecule has 0 fully saturated rings. The highest BCUT2D eigenvalue weighted by molar-refractivity contribution is 7.21. The summed E-state index contributed by atoms with van der Waals surface area (Å²) in [6.07, 6.45) is 0. The van der Waals surface area contributed by atoms with Crippen molar-refractivity contribution in [2.75, 3.05) is 28.4 Å². The van der Waals surface area contributed by atoms with E-state index in [4.69, 9.17) is 18.9 Å². The maximum absolute atomic E-state index is 5.40. The van der Waals surface area contributed by atoms with E-state index in [1.165, 1.54) is 0 Å². The Balaban J connectivity index is 2.54. The van der Waals surface area contributed by atoms with Gasteiger partial charge in [-0.1, -0.05) is 0 Å². The maximum atomic E-state index is 5.40. The first-order valence-corrected chi connectivity index (χ1v) is 6.92. The molecule has 0 aromatic carbocycles. The highest BCUT2D eigenvalue weighted by atomic mass is 32.1. The summed E-state index contributed by atoms with van der Waals surface area (Å²) in [7, 11) is 6.51. The van der Waals surface area contributed by atoms with E-state index in [1.807, 2.05) is 10.8 Å². The predicted octanol–water partition coefficient (Wildman–Crippen LogP) is 3.51. The van der Waals surface area contributed by atoms with Crippen LogP contribution in [0, 0.1) is 0 Å². The van der Waals surface area contributed by atoms with Gasteiger partial charge in [-0.15, -0.1) is 22.7 Å². The Labute approximate surface area is 114 Å². The van der Waals surface area contributed by atoms with E-state index in [0.717, 1.165) is 32.8 Å². The van der Waals surface area contributed by atoms with E-state index in [9.17, 15) is 0 Å². The molecule has 0 spiro atoms. The molecule has 0 aliphatic carbocycles. The number of hydrogen-bond acceptors (Lipinski definition) is 6. The molecular formula is C12H14O4S2. The van der Waals surface area contributed by atoms with Gasteiger partial charge in [-0.25, -0.2) is 0 Å². The number of rotatable bonds is 5. The van der Waals surface area contributed by atoms with Crippen molar-refractivity contribution in [3.63, 3.8) is 0 Å². The minimum Gasteiger partial charge on any atom is -0.492 e. The summed E-state index contributed by atoms with van der Waals surface area (Å²) in [6, 6.07) is 0. The van der Waals surface area contributed by atoms with Crippen molar-refractivity contribution in [3.8, 4) is 32.8 Å². The quantitative estimate of drug-likeness (QED) is 0.843. The second-order valence-corrected chi connectivity index (χ2v) is 5.09. The third kappa shape index (κ3) is 2.02. The van der Waals surface area contributed by atoms with Crippen LogP contribution >= 0.6 is 22.7 Å². The smallest absolute Gasteiger partial charge is 0.180 e. The molecule has 0 radical (unpaired) electrons. The van der Waals surface area contributed by atoms with Gasteiger partial charge in [0.2, 0.25) is 0 Å². The zero-order valence-electron chi connectivity index (χ0n) is 10.6. The SMILES string of the molecule is COc1csc(-c2scc(OC)c2OC)c1OC. The summed E-state index contributed by atoms with van der Waals surface area (Å²) in [6.45, 7) is 0. The van der Waals surface area contributed by atoms with E-state index in [-0.39, 0.29) is 0 Å². The van der Waals surface area contributed by atoms with Crippen LogP contribution in [0.1, 0.15) is 0 Å². The van der Waals surface area contributed by atoms with Gasteiger partial charge in [0.05, 0.1) is 38.2 Å². The highest BCUT2D eigenvalue weighted by Crippen LogP contribution is 2.52. The van der Waals surface area contributed by atoms with Gasteiger partial charge in [-0.3, -0.25) is 0 Å². The standard InChI is InChI=1S/C12H14O4S2/c1-13-7-5-17-11(9(7)15-3)12-10(16-4)8(14-2)6-18-12/h5-6H,1-4H3. The third-order valence-electron chi connectivity index (χ3n) is 2.48. The Morgan fingerprint density at radius 2 is 1.06 bits per heavy atom. The van der Waals surface area contributed by atoms with Gasteiger partial charge in [0.1, 0.15) is 0 Å². The van der Waals surface area contributed by atoms with E-state index < -0.39 is 0 Å². The van der Waals surface area contributed by atoms with Gasteiger partial charge in [-0.2, -0.15) is 0 Å². The maximum Gasteiger partial charge on any atom is 0.180 e. The molecule has 2 heterocycles. The topological polar surface area (TPSA) is 36.9 Å². The zero-order valence-corrected chi connectivity index (χ0v) is 12.2. The molecule has 0 saturated heterocycles. The second-order valence-electron chi connectivity index (χ2n) is 3.33. The van der Waals surface area contributed by atoms with Crippen LogP contribution in [0.15, 0.2) is 10.8 Å². The highest BCUT2D eigenvalue weighted by Gasteiger charge is 2.22. The lowest BCUT2D eigenvalue weighted by atomic mass is 10.3. The van der Waals surface area contributed by atoms with Crippen LogP contribution in [0.2, 0.25) is 0 Å². The first-order chi connectivity index (χ1) is 8.76. The Hall–Kier alpha value is -1.40. The van der Waals surface area contributed by atoms with Gasteiger partial charge < -0.3 is 18.9 Å². The molecule has 2 aromatic rings. The van der Waals surface area contributed by atoms with Crippen molar-refractivity contribution >= 4 is 22.7 Å². The van der Waals surface area contributed by atoms with Gasteiger partial charge in [0.25, 0.3) is 0 Å². The normalized spacial score (nSPS) is 10.2. The molecule has 0 bridgehead atoms. The van der Waals surface area contributed by atoms with Crippen LogP contribution in [0.4, 0.5) is 0 Å². The van der Waals surface area contributed by atoms with E-state index in [2.05, 4.69) is 0 Å². The van der Waals surface area contributed by atoms with Crippen LogP contribution in [-0.4, -0.2) is 28.4 Å². The molecule has 2 aromatic heterocycles. The minimum atomic E-state index is 0.727. The fourth-order valence-corrected chi connectivity index (χ4v) is 3.77. The fourth-order valence-electron chi connectivity index (χ4n) is 1.64. The molecule has 4 nitrogen and oxygen atoms in total. The molecule has 0 atom stereocenters. The summed E-state index contributed by atoms with van der Waals surface area (Å²) < 4.78 is 21.3. The molecule has 0 N–H and O–H groups in total. The van der Waals surface area contributed by atoms with Crippen molar-refractivity contribution < 1.29 is 18.9 Å². The molecule has 0 aliphatic rings. The first-order valence-electron chi connectivity index (χ1n) is 5.16. The van der Waals surface area contributed by atoms with Gasteiger partial charge in [0, 0.05) is 10.8 Å². The summed E-state index contributed by atoms with van der Waals surface area (Å²) in [5.74, 6) is 2.91. The largest absolute Gasteiger partial charge is 0.492 e. The Morgan fingerprint density at radius 1 is 0.667 bits per heavy atom. The molecule has 18 heavy (non-hydrogen) atoms. The van der Waals surface area contributed by atoms with Crippen molar-refractivity contribution in [2.45, 2.75) is 0 Å². The van der Waals surface area contributed by atoms with Crippen molar-refractivity contribution in [1.82, 2.24) is 0 Å². The average Bonchev–Trinajstić information content (AvgIpc) is 3.00. The van der Waals surface area contributed by atoms with Gasteiger partial charge >= 0.3 is 0 Å². The first kappa shape index (κ1) is 13.0. The molecule has 0 aliphatic heterocycles. The van der Waals surface area contributed by atoms with E-state index in [1.54, 1.807) is 51.1 Å². The van der Waals surface area contributed by atoms with Crippen LogP contribution < -0.4 is 18.9 Å². The van der Waals surface area contributed by atoms with E-state index in [0.29, 0.717) is 0 Å². The minimum absolute atomic E-state index is 0.727. The summed E-state index contributed by atoms with van der Waals surface area (Å²) in [4.78, 5) is 1.97. The molecule has 98 valence electrons. The molecule has 6 heteroatoms. The average molecular weight is 286 g/mol. The molecule has 0 unspecified atom stereocenters. The lowest BCUT2D eigenvalue weighted by Gasteiger charge is -2.06.